The van der Waals surface area contributed by atoms with Gasteiger partial charge in [0.1, 0.15) is 19.0 Å². The van der Waals surface area contributed by atoms with Gasteiger partial charge in [-0.3, -0.25) is 9.59 Å². The van der Waals surface area contributed by atoms with Gasteiger partial charge in [-0.15, -0.1) is 0 Å². The molecule has 0 spiro atoms. The molecule has 3 aromatic carbocycles. The molecule has 2 aliphatic heterocycles. The summed E-state index contributed by atoms with van der Waals surface area (Å²) in [7, 11) is 4.46. The number of ketones is 1. The highest BCUT2D eigenvalue weighted by molar-refractivity contribution is 6.46. The summed E-state index contributed by atoms with van der Waals surface area (Å²) < 4.78 is 27.7. The molecule has 3 aromatic rings. The second kappa shape index (κ2) is 10.4. The van der Waals surface area contributed by atoms with Crippen molar-refractivity contribution in [2.75, 3.05) is 34.5 Å². The minimum Gasteiger partial charge on any atom is -0.507 e. The van der Waals surface area contributed by atoms with Crippen LogP contribution in [0.2, 0.25) is 0 Å². The number of benzene rings is 3. The number of fused-ring (bicyclic) bond motifs is 1. The average molecular weight is 518 g/mol. The first kappa shape index (κ1) is 25.0. The first-order chi connectivity index (χ1) is 18.5. The van der Waals surface area contributed by atoms with E-state index < -0.39 is 17.7 Å². The number of aliphatic hydroxyl groups is 1. The number of nitrogens with zero attached hydrogens (tertiary/aromatic N) is 1. The summed E-state index contributed by atoms with van der Waals surface area (Å²) in [6, 6.07) is 16.6. The van der Waals surface area contributed by atoms with Crippen LogP contribution in [0.25, 0.3) is 5.76 Å². The number of carbonyl (C=O) groups excluding carboxylic acids is 2. The van der Waals surface area contributed by atoms with Crippen molar-refractivity contribution in [2.24, 2.45) is 0 Å². The smallest absolute Gasteiger partial charge is 0.295 e. The SMILES string of the molecule is COc1cc([C@H]2/C(=C(\O)c3ccc4c(c3)OCCO4)C(=O)C(=O)N2Cc2ccccc2)cc(OC)c1OC. The zero-order chi connectivity index (χ0) is 26.8. The Balaban J connectivity index is 1.70. The van der Waals surface area contributed by atoms with Crippen LogP contribution in [-0.4, -0.2) is 56.2 Å². The summed E-state index contributed by atoms with van der Waals surface area (Å²) in [6.07, 6.45) is 0. The van der Waals surface area contributed by atoms with Gasteiger partial charge in [0.05, 0.1) is 32.9 Å². The van der Waals surface area contributed by atoms with E-state index in [0.717, 1.165) is 5.56 Å². The summed E-state index contributed by atoms with van der Waals surface area (Å²) in [6.45, 7) is 0.929. The molecule has 0 aromatic heterocycles. The number of rotatable bonds is 7. The second-order valence-electron chi connectivity index (χ2n) is 8.73. The molecule has 196 valence electrons. The molecule has 9 nitrogen and oxygen atoms in total. The Morgan fingerprint density at radius 3 is 2.18 bits per heavy atom. The van der Waals surface area contributed by atoms with Gasteiger partial charge in [-0.05, 0) is 41.5 Å². The van der Waals surface area contributed by atoms with Gasteiger partial charge in [-0.1, -0.05) is 30.3 Å². The zero-order valence-electron chi connectivity index (χ0n) is 21.2. The van der Waals surface area contributed by atoms with E-state index in [9.17, 15) is 14.7 Å². The van der Waals surface area contributed by atoms with Crippen LogP contribution >= 0.6 is 0 Å². The Morgan fingerprint density at radius 1 is 0.895 bits per heavy atom. The predicted molar refractivity (Wildman–Crippen MR) is 138 cm³/mol. The minimum atomic E-state index is -0.933. The summed E-state index contributed by atoms with van der Waals surface area (Å²) in [5.74, 6) is 0.207. The summed E-state index contributed by atoms with van der Waals surface area (Å²) in [5.41, 5.74) is 1.60. The molecule has 1 fully saturated rings. The second-order valence-corrected chi connectivity index (χ2v) is 8.73. The topological polar surface area (TPSA) is 104 Å². The lowest BCUT2D eigenvalue weighted by molar-refractivity contribution is -0.140. The number of Topliss-reactive ketones (excluding diaryl/α,β-unsaturated/α-hetero) is 1. The predicted octanol–water partition coefficient (Wildman–Crippen LogP) is 4.11. The molecule has 1 saturated heterocycles. The van der Waals surface area contributed by atoms with Gasteiger partial charge >= 0.3 is 0 Å². The molecule has 0 radical (unpaired) electrons. The highest BCUT2D eigenvalue weighted by Crippen LogP contribution is 2.46. The van der Waals surface area contributed by atoms with Gasteiger partial charge in [0, 0.05) is 12.1 Å². The molecule has 0 aliphatic carbocycles. The molecule has 9 heteroatoms. The lowest BCUT2D eigenvalue weighted by Crippen LogP contribution is -2.29. The highest BCUT2D eigenvalue weighted by atomic mass is 16.6. The molecule has 1 amide bonds. The van der Waals surface area contributed by atoms with Crippen LogP contribution in [0.4, 0.5) is 0 Å². The van der Waals surface area contributed by atoms with Gasteiger partial charge < -0.3 is 33.7 Å². The Bertz CT molecular complexity index is 1390. The molecule has 1 N–H and O–H groups in total. The Kier molecular flexibility index (Phi) is 6.83. The number of methoxy groups -OCH3 is 3. The van der Waals surface area contributed by atoms with E-state index in [-0.39, 0.29) is 17.9 Å². The fourth-order valence-corrected chi connectivity index (χ4v) is 4.78. The highest BCUT2D eigenvalue weighted by Gasteiger charge is 2.46. The van der Waals surface area contributed by atoms with E-state index in [1.807, 2.05) is 30.3 Å². The maximum absolute atomic E-state index is 13.5. The Hall–Kier alpha value is -4.66. The lowest BCUT2D eigenvalue weighted by Gasteiger charge is -2.27. The first-order valence-corrected chi connectivity index (χ1v) is 12.0. The van der Waals surface area contributed by atoms with Crippen molar-refractivity contribution in [3.8, 4) is 28.7 Å². The van der Waals surface area contributed by atoms with Crippen LogP contribution in [-0.2, 0) is 16.1 Å². The van der Waals surface area contributed by atoms with E-state index in [1.54, 1.807) is 30.3 Å². The Labute approximate surface area is 219 Å². The van der Waals surface area contributed by atoms with Crippen molar-refractivity contribution >= 4 is 17.4 Å². The number of likely N-dealkylation sites (tertiary alicyclic amines) is 1. The normalized spacial score (nSPS) is 17.9. The third kappa shape index (κ3) is 4.36. The third-order valence-electron chi connectivity index (χ3n) is 6.55. The summed E-state index contributed by atoms with van der Waals surface area (Å²) >= 11 is 0. The molecular weight excluding hydrogens is 490 g/mol. The van der Waals surface area contributed by atoms with Gasteiger partial charge in [0.25, 0.3) is 11.7 Å². The number of carbonyl (C=O) groups is 2. The number of aliphatic hydroxyl groups excluding tert-OH is 1. The molecular formula is C29H27NO8. The fraction of sp³-hybridized carbons (Fsp3) is 0.241. The van der Waals surface area contributed by atoms with Crippen LogP contribution < -0.4 is 23.7 Å². The van der Waals surface area contributed by atoms with E-state index >= 15 is 0 Å². The summed E-state index contributed by atoms with van der Waals surface area (Å²) in [4.78, 5) is 28.3. The van der Waals surface area contributed by atoms with E-state index in [0.29, 0.717) is 53.1 Å². The molecule has 1 atom stereocenters. The third-order valence-corrected chi connectivity index (χ3v) is 6.55. The first-order valence-electron chi connectivity index (χ1n) is 12.0. The molecule has 2 heterocycles. The number of hydrogen-bond acceptors (Lipinski definition) is 8. The van der Waals surface area contributed by atoms with Crippen molar-refractivity contribution in [3.63, 3.8) is 0 Å². The van der Waals surface area contributed by atoms with Gasteiger partial charge in [0.15, 0.2) is 23.0 Å². The van der Waals surface area contributed by atoms with Crippen LogP contribution in [0.3, 0.4) is 0 Å². The summed E-state index contributed by atoms with van der Waals surface area (Å²) in [5, 5.41) is 11.5. The monoisotopic (exact) mass is 517 g/mol. The molecule has 0 bridgehead atoms. The zero-order valence-corrected chi connectivity index (χ0v) is 21.2. The molecule has 38 heavy (non-hydrogen) atoms. The van der Waals surface area contributed by atoms with E-state index in [4.69, 9.17) is 23.7 Å². The van der Waals surface area contributed by atoms with Crippen molar-refractivity contribution in [1.82, 2.24) is 4.90 Å². The average Bonchev–Trinajstić information content (AvgIpc) is 3.21. The lowest BCUT2D eigenvalue weighted by atomic mass is 9.94. The van der Waals surface area contributed by atoms with Crippen LogP contribution in [0.1, 0.15) is 22.7 Å². The minimum absolute atomic E-state index is 0.0584. The Morgan fingerprint density at radius 2 is 1.55 bits per heavy atom. The van der Waals surface area contributed by atoms with Crippen LogP contribution in [0.15, 0.2) is 66.2 Å². The van der Waals surface area contributed by atoms with Crippen molar-refractivity contribution in [2.45, 2.75) is 12.6 Å². The van der Waals surface area contributed by atoms with E-state index in [2.05, 4.69) is 0 Å². The fourth-order valence-electron chi connectivity index (χ4n) is 4.78. The largest absolute Gasteiger partial charge is 0.507 e. The van der Waals surface area contributed by atoms with Crippen LogP contribution in [0.5, 0.6) is 28.7 Å². The molecule has 0 unspecified atom stereocenters. The maximum Gasteiger partial charge on any atom is 0.295 e. The van der Waals surface area contributed by atoms with Gasteiger partial charge in [-0.25, -0.2) is 0 Å². The maximum atomic E-state index is 13.5. The molecule has 5 rings (SSSR count). The number of ether oxygens (including phenoxy) is 5. The van der Waals surface area contributed by atoms with Crippen molar-refractivity contribution in [1.29, 1.82) is 0 Å². The van der Waals surface area contributed by atoms with Gasteiger partial charge in [0.2, 0.25) is 5.75 Å². The quantitative estimate of drug-likeness (QED) is 0.284. The van der Waals surface area contributed by atoms with Crippen LogP contribution in [0, 0.1) is 0 Å². The standard InChI is InChI=1S/C29H27NO8/c1-34-22-14-19(15-23(35-2)28(22)36-3)25-24(26(31)18-9-10-20-21(13-18)38-12-11-37-20)27(32)29(33)30(25)16-17-7-5-4-6-8-17/h4-10,13-15,25,31H,11-12,16H2,1-3H3/b26-24+/t25-/m0/s1. The molecule has 2 aliphatic rings. The number of hydrogen-bond donors (Lipinski definition) is 1. The molecule has 0 saturated carbocycles. The number of amides is 1. The van der Waals surface area contributed by atoms with Crippen molar-refractivity contribution in [3.05, 3.63) is 82.9 Å². The van der Waals surface area contributed by atoms with E-state index in [1.165, 1.54) is 26.2 Å². The van der Waals surface area contributed by atoms with Crippen molar-refractivity contribution < 1.29 is 38.4 Å². The van der Waals surface area contributed by atoms with Gasteiger partial charge in [-0.2, -0.15) is 0 Å².